The lowest BCUT2D eigenvalue weighted by atomic mass is 10.2. The largest absolute Gasteiger partial charge is 0.347 e. The molecular weight excluding hydrogens is 406 g/mol. The van der Waals surface area contributed by atoms with Gasteiger partial charge in [-0.3, -0.25) is 4.79 Å². The number of benzene rings is 1. The second-order valence-electron chi connectivity index (χ2n) is 7.54. The van der Waals surface area contributed by atoms with Crippen LogP contribution in [-0.2, 0) is 10.2 Å². The van der Waals surface area contributed by atoms with Crippen molar-refractivity contribution in [2.45, 2.75) is 32.7 Å². The van der Waals surface area contributed by atoms with Crippen LogP contribution in [0.3, 0.4) is 0 Å². The highest BCUT2D eigenvalue weighted by Crippen LogP contribution is 2.46. The highest BCUT2D eigenvalue weighted by atomic mass is 32.2. The number of carbonyl (C=O) groups excluding carboxylic acids is 1. The number of carbonyl (C=O) groups is 1. The van der Waals surface area contributed by atoms with Gasteiger partial charge in [0.25, 0.3) is 11.7 Å². The first-order chi connectivity index (χ1) is 14.4. The first-order valence-corrected chi connectivity index (χ1v) is 11.2. The molecule has 0 atom stereocenters. The first-order valence-electron chi connectivity index (χ1n) is 9.76. The van der Waals surface area contributed by atoms with Crippen molar-refractivity contribution in [2.75, 3.05) is 21.7 Å². The monoisotopic (exact) mass is 427 g/mol. The summed E-state index contributed by atoms with van der Waals surface area (Å²) in [7, 11) is -3.65. The minimum atomic E-state index is -3.65. The molecule has 1 aliphatic heterocycles. The summed E-state index contributed by atoms with van der Waals surface area (Å²) < 4.78 is 30.5. The molecular formula is C19H21N7O3S. The van der Waals surface area contributed by atoms with Crippen LogP contribution < -0.4 is 13.9 Å². The van der Waals surface area contributed by atoms with Gasteiger partial charge in [0, 0.05) is 24.0 Å². The van der Waals surface area contributed by atoms with E-state index in [1.807, 2.05) is 38.1 Å². The molecule has 1 N–H and O–H groups in total. The van der Waals surface area contributed by atoms with Crippen LogP contribution in [0.15, 0.2) is 30.3 Å². The number of hydrogen-bond acceptors (Lipinski definition) is 6. The van der Waals surface area contributed by atoms with Gasteiger partial charge in [-0.1, -0.05) is 12.1 Å². The predicted molar refractivity (Wildman–Crippen MR) is 111 cm³/mol. The van der Waals surface area contributed by atoms with E-state index in [0.717, 1.165) is 24.2 Å². The lowest BCUT2D eigenvalue weighted by Gasteiger charge is -2.21. The highest BCUT2D eigenvalue weighted by molar-refractivity contribution is 7.94. The molecule has 1 aliphatic carbocycles. The molecule has 0 spiro atoms. The fourth-order valence-corrected chi connectivity index (χ4v) is 5.69. The molecule has 0 unspecified atom stereocenters. The lowest BCUT2D eigenvalue weighted by Crippen LogP contribution is -2.42. The number of anilines is 2. The van der Waals surface area contributed by atoms with Crippen molar-refractivity contribution in [1.29, 1.82) is 0 Å². The number of nitrogens with zero attached hydrogens (tertiary/aromatic N) is 6. The Morgan fingerprint density at radius 2 is 1.90 bits per heavy atom. The first kappa shape index (κ1) is 18.8. The number of hydrogen-bond donors (Lipinski definition) is 1. The summed E-state index contributed by atoms with van der Waals surface area (Å²) >= 11 is 0. The molecule has 30 heavy (non-hydrogen) atoms. The van der Waals surface area contributed by atoms with Gasteiger partial charge in [0.15, 0.2) is 0 Å². The Morgan fingerprint density at radius 3 is 2.63 bits per heavy atom. The van der Waals surface area contributed by atoms with Gasteiger partial charge in [-0.2, -0.15) is 13.4 Å². The van der Waals surface area contributed by atoms with Gasteiger partial charge in [-0.25, -0.2) is 18.1 Å². The van der Waals surface area contributed by atoms with E-state index in [1.54, 1.807) is 6.07 Å². The van der Waals surface area contributed by atoms with Crippen LogP contribution in [0, 0.1) is 13.8 Å². The van der Waals surface area contributed by atoms with Gasteiger partial charge in [-0.05, 0) is 44.9 Å². The number of aromatic nitrogens is 4. The van der Waals surface area contributed by atoms with Crippen LogP contribution in [-0.4, -0.2) is 53.0 Å². The molecule has 1 amide bonds. The Balaban J connectivity index is 1.32. The van der Waals surface area contributed by atoms with Crippen molar-refractivity contribution in [3.05, 3.63) is 47.5 Å². The summed E-state index contributed by atoms with van der Waals surface area (Å²) in [6, 6.07) is 9.14. The molecule has 3 heterocycles. The van der Waals surface area contributed by atoms with Crippen molar-refractivity contribution < 1.29 is 13.2 Å². The smallest absolute Gasteiger partial charge is 0.326 e. The number of aryl methyl sites for hydroxylation is 2. The fraction of sp³-hybridized carbons (Fsp3) is 0.368. The van der Waals surface area contributed by atoms with E-state index in [4.69, 9.17) is 0 Å². The Bertz CT molecular complexity index is 1270. The molecule has 1 saturated carbocycles. The molecule has 5 rings (SSSR count). The zero-order chi connectivity index (χ0) is 21.0. The van der Waals surface area contributed by atoms with Crippen molar-refractivity contribution in [3.63, 3.8) is 0 Å². The van der Waals surface area contributed by atoms with E-state index in [1.165, 1.54) is 13.1 Å². The summed E-state index contributed by atoms with van der Waals surface area (Å²) in [5.41, 5.74) is 2.95. The van der Waals surface area contributed by atoms with Gasteiger partial charge in [-0.15, -0.1) is 5.10 Å². The Morgan fingerprint density at radius 1 is 1.17 bits per heavy atom. The molecule has 1 aromatic carbocycles. The molecule has 10 nitrogen and oxygen atoms in total. The normalized spacial score (nSPS) is 17.4. The van der Waals surface area contributed by atoms with Crippen molar-refractivity contribution >= 4 is 33.3 Å². The zero-order valence-corrected chi connectivity index (χ0v) is 17.4. The topological polar surface area (TPSA) is 113 Å². The van der Waals surface area contributed by atoms with E-state index in [0.29, 0.717) is 17.2 Å². The quantitative estimate of drug-likeness (QED) is 0.655. The molecule has 156 valence electrons. The summed E-state index contributed by atoms with van der Waals surface area (Å²) in [5.74, 6) is -0.115. The average Bonchev–Trinajstić information content (AvgIpc) is 3.37. The van der Waals surface area contributed by atoms with Crippen LogP contribution in [0.5, 0.6) is 0 Å². The number of fused-ring (bicyclic) bond motifs is 2. The van der Waals surface area contributed by atoms with Crippen LogP contribution in [0.1, 0.15) is 34.8 Å². The summed E-state index contributed by atoms with van der Waals surface area (Å²) in [6.45, 7) is 3.96. The maximum Gasteiger partial charge on any atom is 0.326 e. The predicted octanol–water partition coefficient (Wildman–Crippen LogP) is 1.20. The maximum absolute atomic E-state index is 13.1. The van der Waals surface area contributed by atoms with Crippen LogP contribution in [0.4, 0.5) is 11.4 Å². The van der Waals surface area contributed by atoms with Crippen molar-refractivity contribution in [3.8, 4) is 0 Å². The minimum Gasteiger partial charge on any atom is -0.347 e. The average molecular weight is 427 g/mol. The molecule has 2 aliphatic rings. The van der Waals surface area contributed by atoms with E-state index in [9.17, 15) is 13.2 Å². The minimum absolute atomic E-state index is 0.000450. The van der Waals surface area contributed by atoms with Gasteiger partial charge >= 0.3 is 10.2 Å². The third kappa shape index (κ3) is 2.96. The molecule has 0 radical (unpaired) electrons. The van der Waals surface area contributed by atoms with Gasteiger partial charge in [0.05, 0.1) is 17.9 Å². The van der Waals surface area contributed by atoms with Crippen LogP contribution >= 0.6 is 0 Å². The van der Waals surface area contributed by atoms with Crippen LogP contribution in [0.25, 0.3) is 5.78 Å². The number of rotatable bonds is 5. The molecule has 3 aromatic rings. The third-order valence-electron chi connectivity index (χ3n) is 5.22. The maximum atomic E-state index is 13.1. The Kier molecular flexibility index (Phi) is 4.17. The van der Waals surface area contributed by atoms with E-state index >= 15 is 0 Å². The van der Waals surface area contributed by atoms with Gasteiger partial charge in [0.1, 0.15) is 0 Å². The van der Waals surface area contributed by atoms with E-state index < -0.39 is 16.1 Å². The second kappa shape index (κ2) is 6.66. The molecule has 2 aromatic heterocycles. The van der Waals surface area contributed by atoms with Gasteiger partial charge in [0.2, 0.25) is 5.82 Å². The van der Waals surface area contributed by atoms with E-state index in [2.05, 4.69) is 20.4 Å². The number of nitrogens with one attached hydrogen (secondary N) is 1. The molecule has 1 fully saturated rings. The van der Waals surface area contributed by atoms with Crippen molar-refractivity contribution in [2.24, 2.45) is 0 Å². The molecule has 11 heteroatoms. The zero-order valence-electron chi connectivity index (χ0n) is 16.6. The highest BCUT2D eigenvalue weighted by Gasteiger charge is 2.47. The van der Waals surface area contributed by atoms with Crippen molar-refractivity contribution in [1.82, 2.24) is 24.9 Å². The fourth-order valence-electron chi connectivity index (χ4n) is 3.76. The summed E-state index contributed by atoms with van der Waals surface area (Å²) in [6.07, 6.45) is 1.73. The van der Waals surface area contributed by atoms with Crippen LogP contribution in [0.2, 0.25) is 0 Å². The van der Waals surface area contributed by atoms with E-state index in [-0.39, 0.29) is 25.0 Å². The second-order valence-corrected chi connectivity index (χ2v) is 9.27. The molecule has 0 bridgehead atoms. The summed E-state index contributed by atoms with van der Waals surface area (Å²) in [5, 5.41) is 6.92. The standard InChI is InChI=1S/C19H21N7O3S/c1-12-11-13(2)25-19(21-12)22-17(23-25)18(27)20-9-10-24-15-5-3-4-6-16(15)26(14-7-8-14)30(24,28)29/h3-6,11,14H,7-10H2,1-2H3,(H,20,27). The lowest BCUT2D eigenvalue weighted by molar-refractivity contribution is 0.0944. The summed E-state index contributed by atoms with van der Waals surface area (Å²) in [4.78, 5) is 21.0. The number of para-hydroxylation sites is 2. The molecule has 0 saturated heterocycles. The number of amides is 1. The Labute approximate surface area is 173 Å². The third-order valence-corrected chi connectivity index (χ3v) is 7.14. The Hall–Kier alpha value is -3.21. The van der Waals surface area contributed by atoms with Gasteiger partial charge < -0.3 is 5.32 Å². The SMILES string of the molecule is Cc1cc(C)n2nc(C(=O)NCCN3c4ccccc4N(C4CC4)S3(=O)=O)nc2n1.